The number of aryl methyl sites for hydroxylation is 2. The maximum Gasteiger partial charge on any atom is 0.273 e. The number of carbonyl (C=O) groups excluding carboxylic acids is 2. The summed E-state index contributed by atoms with van der Waals surface area (Å²) in [6.07, 6.45) is 0. The molecule has 0 spiro atoms. The van der Waals surface area contributed by atoms with Gasteiger partial charge < -0.3 is 19.0 Å². The number of rotatable bonds is 11. The van der Waals surface area contributed by atoms with Crippen molar-refractivity contribution in [1.29, 1.82) is 0 Å². The number of carbonyl (C=O) groups is 2. The first-order valence-electron chi connectivity index (χ1n) is 11.2. The van der Waals surface area contributed by atoms with Crippen molar-refractivity contribution >= 4 is 17.5 Å². The van der Waals surface area contributed by atoms with Crippen LogP contribution in [0.2, 0.25) is 0 Å². The van der Waals surface area contributed by atoms with Gasteiger partial charge in [0.2, 0.25) is 5.91 Å². The SMILES string of the molecule is COCCN(CC(=O)N(Cc1ccccc1)Cc1ccc(C)o1)C(=O)c1ccc(C)c([N+](=O)[O-])c1. The Hall–Kier alpha value is -3.98. The first-order valence-corrected chi connectivity index (χ1v) is 11.2. The lowest BCUT2D eigenvalue weighted by Gasteiger charge is -2.27. The van der Waals surface area contributed by atoms with Gasteiger partial charge in [0.1, 0.15) is 18.1 Å². The van der Waals surface area contributed by atoms with Crippen LogP contribution < -0.4 is 0 Å². The van der Waals surface area contributed by atoms with E-state index in [0.29, 0.717) is 17.9 Å². The number of ether oxygens (including phenoxy) is 1. The molecule has 0 saturated heterocycles. The molecule has 35 heavy (non-hydrogen) atoms. The molecule has 0 aliphatic carbocycles. The molecule has 1 aromatic heterocycles. The van der Waals surface area contributed by atoms with Crippen molar-refractivity contribution in [2.24, 2.45) is 0 Å². The van der Waals surface area contributed by atoms with Crippen LogP contribution in [0.4, 0.5) is 5.69 Å². The number of nitrogens with zero attached hydrogens (tertiary/aromatic N) is 3. The highest BCUT2D eigenvalue weighted by Crippen LogP contribution is 2.21. The molecule has 0 atom stereocenters. The van der Waals surface area contributed by atoms with E-state index in [9.17, 15) is 19.7 Å². The molecule has 184 valence electrons. The summed E-state index contributed by atoms with van der Waals surface area (Å²) < 4.78 is 10.8. The average Bonchev–Trinajstić information content (AvgIpc) is 3.26. The number of amides is 2. The minimum Gasteiger partial charge on any atom is -0.464 e. The Balaban J connectivity index is 1.84. The van der Waals surface area contributed by atoms with Crippen LogP contribution in [-0.2, 0) is 22.6 Å². The molecule has 9 nitrogen and oxygen atoms in total. The zero-order chi connectivity index (χ0) is 25.4. The first kappa shape index (κ1) is 25.6. The van der Waals surface area contributed by atoms with E-state index in [-0.39, 0.29) is 43.4 Å². The molecule has 0 saturated carbocycles. The van der Waals surface area contributed by atoms with E-state index in [1.165, 1.54) is 30.2 Å². The van der Waals surface area contributed by atoms with E-state index in [4.69, 9.17) is 9.15 Å². The van der Waals surface area contributed by atoms with Gasteiger partial charge in [0.15, 0.2) is 0 Å². The lowest BCUT2D eigenvalue weighted by atomic mass is 10.1. The van der Waals surface area contributed by atoms with Crippen LogP contribution in [0.1, 0.15) is 33.0 Å². The third kappa shape index (κ3) is 7.00. The molecule has 2 aromatic carbocycles. The highest BCUT2D eigenvalue weighted by molar-refractivity contribution is 5.97. The summed E-state index contributed by atoms with van der Waals surface area (Å²) in [5.41, 5.74) is 1.39. The third-order valence-corrected chi connectivity index (χ3v) is 5.54. The topological polar surface area (TPSA) is 106 Å². The van der Waals surface area contributed by atoms with Crippen molar-refractivity contribution in [3.8, 4) is 0 Å². The van der Waals surface area contributed by atoms with Crippen LogP contribution in [0.25, 0.3) is 0 Å². The molecule has 0 N–H and O–H groups in total. The molecule has 0 unspecified atom stereocenters. The number of nitro groups is 1. The number of benzene rings is 2. The van der Waals surface area contributed by atoms with Gasteiger partial charge in [-0.1, -0.05) is 36.4 Å². The van der Waals surface area contributed by atoms with E-state index in [0.717, 1.165) is 11.3 Å². The van der Waals surface area contributed by atoms with E-state index >= 15 is 0 Å². The van der Waals surface area contributed by atoms with Crippen LogP contribution in [0, 0.1) is 24.0 Å². The number of nitro benzene ring substituents is 1. The van der Waals surface area contributed by atoms with Gasteiger partial charge in [-0.2, -0.15) is 0 Å². The molecule has 9 heteroatoms. The number of furan rings is 1. The average molecular weight is 480 g/mol. The lowest BCUT2D eigenvalue weighted by molar-refractivity contribution is -0.385. The maximum atomic E-state index is 13.4. The van der Waals surface area contributed by atoms with Crippen LogP contribution in [0.3, 0.4) is 0 Å². The van der Waals surface area contributed by atoms with Crippen LogP contribution in [0.5, 0.6) is 0 Å². The Morgan fingerprint density at radius 2 is 1.74 bits per heavy atom. The standard InChI is InChI=1S/C26H29N3O6/c1-19-9-11-22(15-24(19)29(32)33)26(31)27(13-14-34-3)18-25(30)28(16-21-7-5-4-6-8-21)17-23-12-10-20(2)35-23/h4-12,15H,13-14,16-18H2,1-3H3. The van der Waals surface area contributed by atoms with E-state index in [2.05, 4.69) is 0 Å². The van der Waals surface area contributed by atoms with Gasteiger partial charge in [-0.05, 0) is 37.6 Å². The van der Waals surface area contributed by atoms with Crippen molar-refractivity contribution in [1.82, 2.24) is 9.80 Å². The zero-order valence-corrected chi connectivity index (χ0v) is 20.1. The molecule has 0 aliphatic heterocycles. The second kappa shape index (κ2) is 11.9. The minimum atomic E-state index is -0.524. The van der Waals surface area contributed by atoms with Gasteiger partial charge in [-0.15, -0.1) is 0 Å². The second-order valence-electron chi connectivity index (χ2n) is 8.23. The van der Waals surface area contributed by atoms with Crippen molar-refractivity contribution < 1.29 is 23.7 Å². The van der Waals surface area contributed by atoms with Gasteiger partial charge in [0, 0.05) is 37.4 Å². The summed E-state index contributed by atoms with van der Waals surface area (Å²) in [7, 11) is 1.50. The summed E-state index contributed by atoms with van der Waals surface area (Å²) in [5, 5.41) is 11.3. The largest absolute Gasteiger partial charge is 0.464 e. The Kier molecular flexibility index (Phi) is 8.74. The lowest BCUT2D eigenvalue weighted by Crippen LogP contribution is -2.43. The molecule has 1 heterocycles. The van der Waals surface area contributed by atoms with Gasteiger partial charge >= 0.3 is 0 Å². The summed E-state index contributed by atoms with van der Waals surface area (Å²) in [4.78, 5) is 40.5. The Labute approximate surface area is 204 Å². The first-order chi connectivity index (χ1) is 16.8. The van der Waals surface area contributed by atoms with Gasteiger partial charge in [0.05, 0.1) is 18.1 Å². The summed E-state index contributed by atoms with van der Waals surface area (Å²) >= 11 is 0. The zero-order valence-electron chi connectivity index (χ0n) is 20.1. The minimum absolute atomic E-state index is 0.141. The van der Waals surface area contributed by atoms with E-state index in [1.807, 2.05) is 49.4 Å². The Bertz CT molecular complexity index is 1170. The third-order valence-electron chi connectivity index (χ3n) is 5.54. The highest BCUT2D eigenvalue weighted by Gasteiger charge is 2.25. The molecule has 0 radical (unpaired) electrons. The molecule has 0 aliphatic rings. The van der Waals surface area contributed by atoms with Crippen molar-refractivity contribution in [2.45, 2.75) is 26.9 Å². The molecule has 0 bridgehead atoms. The fourth-order valence-electron chi connectivity index (χ4n) is 3.63. The smallest absolute Gasteiger partial charge is 0.273 e. The van der Waals surface area contributed by atoms with Gasteiger partial charge in [-0.25, -0.2) is 0 Å². The monoisotopic (exact) mass is 479 g/mol. The molecular weight excluding hydrogens is 450 g/mol. The number of hydrogen-bond donors (Lipinski definition) is 0. The Morgan fingerprint density at radius 1 is 1.00 bits per heavy atom. The van der Waals surface area contributed by atoms with Crippen LogP contribution >= 0.6 is 0 Å². The molecule has 0 fully saturated rings. The van der Waals surface area contributed by atoms with Crippen molar-refractivity contribution in [3.63, 3.8) is 0 Å². The van der Waals surface area contributed by atoms with Crippen LogP contribution in [0.15, 0.2) is 65.1 Å². The van der Waals surface area contributed by atoms with Crippen molar-refractivity contribution in [3.05, 3.63) is 99.0 Å². The molecule has 3 aromatic rings. The molecular formula is C26H29N3O6. The van der Waals surface area contributed by atoms with Crippen LogP contribution in [-0.4, -0.2) is 53.3 Å². The van der Waals surface area contributed by atoms with Gasteiger partial charge in [-0.3, -0.25) is 19.7 Å². The predicted molar refractivity (Wildman–Crippen MR) is 130 cm³/mol. The fraction of sp³-hybridized carbons (Fsp3) is 0.308. The summed E-state index contributed by atoms with van der Waals surface area (Å²) in [5.74, 6) is 0.613. The van der Waals surface area contributed by atoms with Crippen molar-refractivity contribution in [2.75, 3.05) is 26.8 Å². The number of methoxy groups -OCH3 is 1. The fourth-order valence-corrected chi connectivity index (χ4v) is 3.63. The summed E-state index contributed by atoms with van der Waals surface area (Å²) in [6, 6.07) is 17.5. The highest BCUT2D eigenvalue weighted by atomic mass is 16.6. The molecule has 3 rings (SSSR count). The quantitative estimate of drug-likeness (QED) is 0.303. The predicted octanol–water partition coefficient (Wildman–Crippen LogP) is 4.12. The van der Waals surface area contributed by atoms with E-state index in [1.54, 1.807) is 11.8 Å². The summed E-state index contributed by atoms with van der Waals surface area (Å²) in [6.45, 7) is 4.17. The molecule has 2 amide bonds. The second-order valence-corrected chi connectivity index (χ2v) is 8.23. The normalized spacial score (nSPS) is 10.7. The Morgan fingerprint density at radius 3 is 2.37 bits per heavy atom. The number of hydrogen-bond acceptors (Lipinski definition) is 6. The van der Waals surface area contributed by atoms with Gasteiger partial charge in [0.25, 0.3) is 11.6 Å². The maximum absolute atomic E-state index is 13.4. The van der Waals surface area contributed by atoms with E-state index < -0.39 is 10.8 Å².